The number of ketones is 1. The number of non-ortho nitro benzene ring substituents is 1. The van der Waals surface area contributed by atoms with Gasteiger partial charge in [0.2, 0.25) is 15.9 Å². The van der Waals surface area contributed by atoms with Crippen molar-refractivity contribution >= 4 is 151 Å². The van der Waals surface area contributed by atoms with Gasteiger partial charge >= 0.3 is 0 Å². The molecule has 0 unspecified atom stereocenters. The van der Waals surface area contributed by atoms with Gasteiger partial charge < -0.3 is 50.0 Å². The Labute approximate surface area is 843 Å². The van der Waals surface area contributed by atoms with E-state index in [0.717, 1.165) is 38.0 Å². The molecule has 14 aromatic rings. The van der Waals surface area contributed by atoms with E-state index in [1.54, 1.807) is 171 Å². The highest BCUT2D eigenvalue weighted by Gasteiger charge is 2.28. The summed E-state index contributed by atoms with van der Waals surface area (Å²) in [5.41, 5.74) is 10.4. The van der Waals surface area contributed by atoms with Crippen LogP contribution in [0.2, 0.25) is 0 Å². The highest BCUT2D eigenvalue weighted by molar-refractivity contribution is 9.10. The number of nitrogens with zero attached hydrogens (tertiary/aromatic N) is 10. The number of carbonyl (C=O) groups excluding carboxylic acids is 1. The fourth-order valence-electron chi connectivity index (χ4n) is 12.5. The number of benzene rings is 12. The summed E-state index contributed by atoms with van der Waals surface area (Å²) in [6.07, 6.45) is 10.7. The zero-order valence-corrected chi connectivity index (χ0v) is 85.9. The number of sulfonamides is 3. The smallest absolute Gasteiger partial charge is 0.270 e. The lowest BCUT2D eigenvalue weighted by Crippen LogP contribution is -2.16. The maximum Gasteiger partial charge on any atom is 0.270 e. The van der Waals surface area contributed by atoms with Gasteiger partial charge in [-0.2, -0.15) is 0 Å². The molecule has 0 saturated heterocycles. The van der Waals surface area contributed by atoms with E-state index in [1.807, 2.05) is 42.5 Å². The maximum atomic E-state index is 12.4. The summed E-state index contributed by atoms with van der Waals surface area (Å²) in [6, 6.07) is 70.8. The third-order valence-corrected chi connectivity index (χ3v) is 25.5. The molecule has 12 aromatic carbocycles. The second kappa shape index (κ2) is 49.4. The van der Waals surface area contributed by atoms with Crippen molar-refractivity contribution in [3.05, 3.63) is 348 Å². The van der Waals surface area contributed by atoms with Crippen molar-refractivity contribution < 1.29 is 84.9 Å². The van der Waals surface area contributed by atoms with Crippen LogP contribution in [0, 0.1) is 10.1 Å². The van der Waals surface area contributed by atoms with E-state index >= 15 is 0 Å². The number of aliphatic imine (C=N–C) groups is 6. The molecule has 0 fully saturated rings. The minimum absolute atomic E-state index is 0.0289. The number of aromatic hydroxyl groups is 7. The van der Waals surface area contributed by atoms with Crippen molar-refractivity contribution in [3.63, 3.8) is 0 Å². The highest BCUT2D eigenvalue weighted by atomic mass is 79.9. The highest BCUT2D eigenvalue weighted by Crippen LogP contribution is 2.45. The molecule has 37 heteroatoms. The lowest BCUT2D eigenvalue weighted by atomic mass is 9.80. The van der Waals surface area contributed by atoms with Gasteiger partial charge in [-0.15, -0.1) is 21.5 Å². The molecule has 0 spiro atoms. The van der Waals surface area contributed by atoms with Crippen molar-refractivity contribution in [2.45, 2.75) is 126 Å². The second-order valence-corrected chi connectivity index (χ2v) is 42.2. The van der Waals surface area contributed by atoms with Crippen molar-refractivity contribution in [1.82, 2.24) is 15.2 Å². The number of primary sulfonamides is 1. The Kier molecular flexibility index (Phi) is 38.4. The zero-order valence-electron chi connectivity index (χ0n) is 81.0. The first kappa shape index (κ1) is 111. The summed E-state index contributed by atoms with van der Waals surface area (Å²) in [7, 11) is -6.62. The molecule has 0 radical (unpaired) electrons. The number of anilines is 2. The van der Waals surface area contributed by atoms with E-state index in [1.165, 1.54) is 124 Å². The number of nitro benzene ring substituents is 1. The Morgan fingerprint density at radius 3 is 1.29 bits per heavy atom. The van der Waals surface area contributed by atoms with Gasteiger partial charge in [0.25, 0.3) is 25.7 Å². The lowest BCUT2D eigenvalue weighted by molar-refractivity contribution is -0.384. The first-order valence-corrected chi connectivity index (χ1v) is 49.8. The number of nitrogens with one attached hydrogen (secondary N) is 2. The number of phenolic OH excluding ortho intramolecular Hbond substituents is 7. The van der Waals surface area contributed by atoms with Crippen LogP contribution in [-0.4, -0.2) is 146 Å². The van der Waals surface area contributed by atoms with E-state index in [-0.39, 0.29) is 105 Å². The SMILES string of the molecule is CC(=O)c1cccc(N=Cc2cc([N+](=O)[O-])ccc2O)c1.CC(C)(C)c1cc(N=Cc2ccccc2O)c(O)c(C(C)(C)C)c1.COc1ccc(NS(=O)(=O)c2ccc(N=Cc3cc(Br)ccc3O)cc2)nn1.COc1cccc(C=Nc2cc(C(C)(C)C)cc(C(C)(C)C)c2O)c1O.COc1ccccc1C=Nc1ccc(S(N)(=O)=O)cc1.O=S(=O)(Nc1nccs1)c1ccc(N=Cc2ccccc2O)cc1. The molecule has 2 aromatic heterocycles. The van der Waals surface area contributed by atoms with Crippen LogP contribution in [0.15, 0.2) is 322 Å². The summed E-state index contributed by atoms with van der Waals surface area (Å²) < 4.78 is 92.4. The third kappa shape index (κ3) is 33.3. The van der Waals surface area contributed by atoms with Gasteiger partial charge in [-0.3, -0.25) is 54.3 Å². The quantitative estimate of drug-likeness (QED) is 0.0116. The van der Waals surface area contributed by atoms with Crippen LogP contribution in [0.1, 0.15) is 156 Å². The number of aromatic nitrogens is 3. The van der Waals surface area contributed by atoms with Gasteiger partial charge in [-0.25, -0.2) is 35.4 Å². The normalized spacial score (nSPS) is 11.8. The number of phenols is 7. The molecule has 11 N–H and O–H groups in total. The number of methoxy groups -OCH3 is 3. The molecule has 0 atom stereocenters. The van der Waals surface area contributed by atoms with Crippen LogP contribution in [0.25, 0.3) is 0 Å². The van der Waals surface area contributed by atoms with Crippen LogP contribution >= 0.6 is 27.3 Å². The number of hydrogen-bond donors (Lipinski definition) is 10. The summed E-state index contributed by atoms with van der Waals surface area (Å²) in [5.74, 6) is 2.07. The van der Waals surface area contributed by atoms with E-state index in [2.05, 4.69) is 166 Å². The Balaban J connectivity index is 0.000000192. The minimum atomic E-state index is -3.82. The number of Topliss-reactive ketones (excluding diaryl/α,β-unsaturated/α-hetero) is 1. The largest absolute Gasteiger partial charge is 0.507 e. The average Bonchev–Trinajstić information content (AvgIpc) is 1.10. The predicted molar refractivity (Wildman–Crippen MR) is 568 cm³/mol. The van der Waals surface area contributed by atoms with Crippen LogP contribution in [0.5, 0.6) is 57.6 Å². The number of carbonyl (C=O) groups is 1. The van der Waals surface area contributed by atoms with E-state index in [4.69, 9.17) is 19.3 Å². The minimum Gasteiger partial charge on any atom is -0.507 e. The maximum absolute atomic E-state index is 12.4. The Morgan fingerprint density at radius 2 is 0.839 bits per heavy atom. The fraction of sp³-hybridized carbons (Fsp3) is 0.189. The summed E-state index contributed by atoms with van der Waals surface area (Å²) in [6.45, 7) is 26.7. The monoisotopic (exact) mass is 2080 g/mol. The molecule has 0 amide bonds. The number of halogens is 1. The number of hydrogen-bond acceptors (Lipinski definition) is 29. The van der Waals surface area contributed by atoms with Gasteiger partial charge in [-0.05, 0) is 216 Å². The Morgan fingerprint density at radius 1 is 0.420 bits per heavy atom. The van der Waals surface area contributed by atoms with Crippen LogP contribution in [0.4, 0.5) is 50.8 Å². The average molecular weight is 2080 g/mol. The molecule has 143 heavy (non-hydrogen) atoms. The number of thiazole rings is 1. The molecular formula is C106H110BrN13O19S4. The van der Waals surface area contributed by atoms with Crippen molar-refractivity contribution in [2.75, 3.05) is 30.8 Å². The third-order valence-electron chi connectivity index (χ3n) is 20.6. The van der Waals surface area contributed by atoms with Gasteiger partial charge in [0.1, 0.15) is 51.6 Å². The molecule has 0 saturated carbocycles. The summed E-state index contributed by atoms with van der Waals surface area (Å²) in [5, 5.41) is 95.9. The van der Waals surface area contributed by atoms with Crippen LogP contribution in [-0.2, 0) is 51.7 Å². The number of ether oxygens (including phenoxy) is 3. The van der Waals surface area contributed by atoms with E-state index < -0.39 is 35.0 Å². The van der Waals surface area contributed by atoms with Gasteiger partial charge in [0.05, 0.1) is 63.7 Å². The van der Waals surface area contributed by atoms with E-state index in [0.29, 0.717) is 72.8 Å². The fourth-order valence-corrected chi connectivity index (χ4v) is 16.2. The topological polar surface area (TPSA) is 495 Å². The second-order valence-electron chi connectivity index (χ2n) is 35.4. The molecule has 0 aliphatic heterocycles. The summed E-state index contributed by atoms with van der Waals surface area (Å²) >= 11 is 4.53. The summed E-state index contributed by atoms with van der Waals surface area (Å²) in [4.78, 5) is 51.3. The van der Waals surface area contributed by atoms with Crippen molar-refractivity contribution in [3.8, 4) is 57.6 Å². The molecule has 0 bridgehead atoms. The molecular weight excluding hydrogens is 1970 g/mol. The van der Waals surface area contributed by atoms with E-state index in [9.17, 15) is 75.9 Å². The van der Waals surface area contributed by atoms with Crippen LogP contribution < -0.4 is 28.8 Å². The number of nitro groups is 1. The first-order valence-electron chi connectivity index (χ1n) is 43.6. The first-order chi connectivity index (χ1) is 67.3. The lowest BCUT2D eigenvalue weighted by Gasteiger charge is -2.26. The standard InChI is InChI=1S/C22H29NO3.C21H27NO2.C18H15BrN4O4S.C16H13N3O3S2.C15H12N2O4.C14H14N2O3S/c1-21(2,3)15-11-16(22(4,5)6)20(25)17(12-15)23-13-14-9-8-10-18(26-7)19(14)24;1-20(2,3)15-11-16(21(4,5)6)19(24)17(12-15)22-13-14-9-7-8-10-18(14)23;1-27-18-9-8-17(21-22-18)23-28(25,26)15-5-3-14(4-6-15)20-11-12-10-13(19)2-7-16(12)24;20-15-4-2-1-3-12(15)11-18-13-5-7-14(8-6-13)24(21,22)19-16-17-9-10-23-16;1-10(18)11-3-2-4-13(7-11)16-9-12-8-14(17(20)21)5-6-15(12)19;1-19-14-5-3-2-4-11(14)10-16-12-6-8-13(9-7-12)20(15,17)18/h8-13,24-25H,1-7H3;7-13,23-24H,1-6H3;2-11,24H,1H3,(H,21,23);1-11,20H,(H,17,19);2-9,19H,1H3;2-10H,1H3,(H2,15,17,18). The predicted octanol–water partition coefficient (Wildman–Crippen LogP) is 23.1. The molecule has 744 valence electrons. The number of para-hydroxylation sites is 4. The van der Waals surface area contributed by atoms with Gasteiger partial charge in [0, 0.05) is 122 Å². The molecule has 2 heterocycles. The molecule has 32 nitrogen and oxygen atoms in total. The number of rotatable bonds is 24. The molecule has 0 aliphatic rings. The van der Waals surface area contributed by atoms with Crippen molar-refractivity contribution in [1.29, 1.82) is 0 Å². The van der Waals surface area contributed by atoms with Crippen LogP contribution in [0.3, 0.4) is 0 Å². The molecule has 0 aliphatic carbocycles. The number of nitrogens with two attached hydrogens (primary N) is 1. The van der Waals surface area contributed by atoms with Gasteiger partial charge in [0.15, 0.2) is 28.2 Å². The zero-order chi connectivity index (χ0) is 105. The van der Waals surface area contributed by atoms with Crippen molar-refractivity contribution in [2.24, 2.45) is 35.1 Å². The Hall–Kier alpha value is -15.7. The Bertz CT molecular complexity index is 7350. The van der Waals surface area contributed by atoms with Gasteiger partial charge in [-0.1, -0.05) is 166 Å². The molecule has 14 rings (SSSR count).